The average molecular weight is 396 g/mol. The molecule has 0 radical (unpaired) electrons. The molecule has 0 bridgehead atoms. The zero-order chi connectivity index (χ0) is 20.1. The van der Waals surface area contributed by atoms with Crippen LogP contribution in [0.25, 0.3) is 0 Å². The van der Waals surface area contributed by atoms with Crippen LogP contribution in [0.4, 0.5) is 5.69 Å². The SMILES string of the molecule is O=C(Nc1cnn(CC(=O)N2CCCC[C@@H]2CN2CCCC2)c1)c1ccccn1. The number of amides is 2. The van der Waals surface area contributed by atoms with Gasteiger partial charge in [0.2, 0.25) is 5.91 Å². The van der Waals surface area contributed by atoms with Crippen LogP contribution in [0.1, 0.15) is 42.6 Å². The third-order valence-electron chi connectivity index (χ3n) is 5.70. The zero-order valence-corrected chi connectivity index (χ0v) is 16.7. The number of pyridine rings is 1. The van der Waals surface area contributed by atoms with Gasteiger partial charge in [-0.3, -0.25) is 19.3 Å². The fourth-order valence-corrected chi connectivity index (χ4v) is 4.22. The first-order valence-corrected chi connectivity index (χ1v) is 10.5. The second-order valence-electron chi connectivity index (χ2n) is 7.84. The summed E-state index contributed by atoms with van der Waals surface area (Å²) in [5.41, 5.74) is 0.898. The lowest BCUT2D eigenvalue weighted by Crippen LogP contribution is -2.50. The summed E-state index contributed by atoms with van der Waals surface area (Å²) in [4.78, 5) is 33.7. The van der Waals surface area contributed by atoms with E-state index in [0.29, 0.717) is 17.4 Å². The van der Waals surface area contributed by atoms with Gasteiger partial charge < -0.3 is 15.1 Å². The first-order valence-electron chi connectivity index (χ1n) is 10.5. The highest BCUT2D eigenvalue weighted by atomic mass is 16.2. The second-order valence-corrected chi connectivity index (χ2v) is 7.84. The fraction of sp³-hybridized carbons (Fsp3) is 0.524. The van der Waals surface area contributed by atoms with Crippen LogP contribution in [-0.2, 0) is 11.3 Å². The molecular weight excluding hydrogens is 368 g/mol. The van der Waals surface area contributed by atoms with E-state index in [4.69, 9.17) is 0 Å². The van der Waals surface area contributed by atoms with Gasteiger partial charge in [-0.2, -0.15) is 5.10 Å². The average Bonchev–Trinajstić information content (AvgIpc) is 3.41. The highest BCUT2D eigenvalue weighted by molar-refractivity contribution is 6.02. The number of aromatic nitrogens is 3. The molecule has 2 aliphatic heterocycles. The fourth-order valence-electron chi connectivity index (χ4n) is 4.22. The van der Waals surface area contributed by atoms with E-state index in [0.717, 1.165) is 39.0 Å². The van der Waals surface area contributed by atoms with Gasteiger partial charge in [0.25, 0.3) is 5.91 Å². The molecule has 2 saturated heterocycles. The Labute approximate surface area is 170 Å². The van der Waals surface area contributed by atoms with Crippen LogP contribution in [-0.4, -0.2) is 68.6 Å². The molecular formula is C21H28N6O2. The van der Waals surface area contributed by atoms with Crippen molar-refractivity contribution in [2.75, 3.05) is 31.5 Å². The van der Waals surface area contributed by atoms with Crippen molar-refractivity contribution in [1.82, 2.24) is 24.6 Å². The van der Waals surface area contributed by atoms with Gasteiger partial charge in [-0.15, -0.1) is 0 Å². The summed E-state index contributed by atoms with van der Waals surface area (Å²) in [7, 11) is 0. The lowest BCUT2D eigenvalue weighted by atomic mass is 10.0. The first kappa shape index (κ1) is 19.6. The van der Waals surface area contributed by atoms with Gasteiger partial charge in [0.15, 0.2) is 0 Å². The quantitative estimate of drug-likeness (QED) is 0.808. The van der Waals surface area contributed by atoms with E-state index in [1.807, 2.05) is 4.90 Å². The molecule has 2 aromatic heterocycles. The molecule has 0 aromatic carbocycles. The number of piperidine rings is 1. The number of carbonyl (C=O) groups is 2. The third kappa shape index (κ3) is 5.00. The minimum absolute atomic E-state index is 0.0969. The second kappa shape index (κ2) is 9.17. The molecule has 2 aromatic rings. The van der Waals surface area contributed by atoms with E-state index in [1.54, 1.807) is 41.5 Å². The number of nitrogens with one attached hydrogen (secondary N) is 1. The van der Waals surface area contributed by atoms with Crippen molar-refractivity contribution in [3.05, 3.63) is 42.5 Å². The maximum atomic E-state index is 13.0. The molecule has 4 heterocycles. The summed E-state index contributed by atoms with van der Waals surface area (Å²) in [5, 5.41) is 7.02. The molecule has 2 aliphatic rings. The van der Waals surface area contributed by atoms with Gasteiger partial charge in [-0.05, 0) is 57.3 Å². The summed E-state index contributed by atoms with van der Waals surface area (Å²) in [6, 6.07) is 5.48. The summed E-state index contributed by atoms with van der Waals surface area (Å²) >= 11 is 0. The molecule has 1 atom stereocenters. The van der Waals surface area contributed by atoms with Crippen molar-refractivity contribution < 1.29 is 9.59 Å². The minimum atomic E-state index is -0.293. The summed E-state index contributed by atoms with van der Waals surface area (Å²) in [6.07, 6.45) is 10.7. The van der Waals surface area contributed by atoms with Gasteiger partial charge in [0.05, 0.1) is 11.9 Å². The summed E-state index contributed by atoms with van der Waals surface area (Å²) < 4.78 is 1.60. The maximum Gasteiger partial charge on any atom is 0.274 e. The number of hydrogen-bond acceptors (Lipinski definition) is 5. The largest absolute Gasteiger partial charge is 0.337 e. The molecule has 154 valence electrons. The van der Waals surface area contributed by atoms with Crippen molar-refractivity contribution in [2.24, 2.45) is 0 Å². The van der Waals surface area contributed by atoms with Gasteiger partial charge in [0.1, 0.15) is 12.2 Å². The molecule has 0 aliphatic carbocycles. The van der Waals surface area contributed by atoms with Crippen LogP contribution in [0.15, 0.2) is 36.8 Å². The number of hydrogen-bond donors (Lipinski definition) is 1. The number of anilines is 1. The van der Waals surface area contributed by atoms with Crippen molar-refractivity contribution in [2.45, 2.75) is 44.7 Å². The number of likely N-dealkylation sites (tertiary alicyclic amines) is 2. The number of nitrogens with zero attached hydrogens (tertiary/aromatic N) is 5. The highest BCUT2D eigenvalue weighted by Crippen LogP contribution is 2.20. The van der Waals surface area contributed by atoms with Gasteiger partial charge in [0, 0.05) is 31.5 Å². The van der Waals surface area contributed by atoms with Gasteiger partial charge in [-0.25, -0.2) is 0 Å². The molecule has 0 saturated carbocycles. The van der Waals surface area contributed by atoms with Crippen molar-refractivity contribution in [1.29, 1.82) is 0 Å². The van der Waals surface area contributed by atoms with Crippen molar-refractivity contribution in [3.63, 3.8) is 0 Å². The number of carbonyl (C=O) groups excluding carboxylic acids is 2. The Hall–Kier alpha value is -2.74. The summed E-state index contributed by atoms with van der Waals surface area (Å²) in [6.45, 7) is 4.29. The zero-order valence-electron chi connectivity index (χ0n) is 16.7. The van der Waals surface area contributed by atoms with Crippen LogP contribution in [0.5, 0.6) is 0 Å². The molecule has 8 nitrogen and oxygen atoms in total. The van der Waals surface area contributed by atoms with E-state index < -0.39 is 0 Å². The Bertz CT molecular complexity index is 831. The predicted molar refractivity (Wildman–Crippen MR) is 109 cm³/mol. The molecule has 1 N–H and O–H groups in total. The van der Waals surface area contributed by atoms with E-state index in [2.05, 4.69) is 20.3 Å². The lowest BCUT2D eigenvalue weighted by Gasteiger charge is -2.38. The minimum Gasteiger partial charge on any atom is -0.337 e. The monoisotopic (exact) mass is 396 g/mol. The lowest BCUT2D eigenvalue weighted by molar-refractivity contribution is -0.136. The van der Waals surface area contributed by atoms with Crippen molar-refractivity contribution in [3.8, 4) is 0 Å². The van der Waals surface area contributed by atoms with Crippen LogP contribution >= 0.6 is 0 Å². The van der Waals surface area contributed by atoms with E-state index >= 15 is 0 Å². The van der Waals surface area contributed by atoms with Crippen molar-refractivity contribution >= 4 is 17.5 Å². The highest BCUT2D eigenvalue weighted by Gasteiger charge is 2.29. The van der Waals surface area contributed by atoms with E-state index in [1.165, 1.54) is 19.3 Å². The Kier molecular flexibility index (Phi) is 6.19. The molecule has 0 unspecified atom stereocenters. The van der Waals surface area contributed by atoms with Crippen LogP contribution in [0.2, 0.25) is 0 Å². The van der Waals surface area contributed by atoms with Gasteiger partial charge >= 0.3 is 0 Å². The predicted octanol–water partition coefficient (Wildman–Crippen LogP) is 2.01. The third-order valence-corrected chi connectivity index (χ3v) is 5.70. The molecule has 29 heavy (non-hydrogen) atoms. The van der Waals surface area contributed by atoms with E-state index in [9.17, 15) is 9.59 Å². The standard InChI is InChI=1S/C21H28N6O2/c28-20(27-12-4-2-7-18(27)15-25-10-5-6-11-25)16-26-14-17(13-23-26)24-21(29)19-8-1-3-9-22-19/h1,3,8-9,13-14,18H,2,4-7,10-12,15-16H2,(H,24,29)/t18-/m1/s1. The Morgan fingerprint density at radius 1 is 1.10 bits per heavy atom. The Balaban J connectivity index is 1.34. The molecule has 0 spiro atoms. The first-order chi connectivity index (χ1) is 14.2. The Morgan fingerprint density at radius 2 is 1.93 bits per heavy atom. The molecule has 4 rings (SSSR count). The topological polar surface area (TPSA) is 83.4 Å². The van der Waals surface area contributed by atoms with Gasteiger partial charge in [-0.1, -0.05) is 6.07 Å². The molecule has 2 amide bonds. The van der Waals surface area contributed by atoms with E-state index in [-0.39, 0.29) is 18.4 Å². The van der Waals surface area contributed by atoms with Crippen LogP contribution in [0, 0.1) is 0 Å². The molecule has 8 heteroatoms. The normalized spacial score (nSPS) is 20.0. The smallest absolute Gasteiger partial charge is 0.274 e. The number of rotatable bonds is 6. The molecule has 2 fully saturated rings. The summed E-state index contributed by atoms with van der Waals surface area (Å²) in [5.74, 6) is -0.196. The maximum absolute atomic E-state index is 13.0. The van der Waals surface area contributed by atoms with Crippen LogP contribution < -0.4 is 5.32 Å². The van der Waals surface area contributed by atoms with Crippen LogP contribution in [0.3, 0.4) is 0 Å². The Morgan fingerprint density at radius 3 is 2.72 bits per heavy atom.